The van der Waals surface area contributed by atoms with Gasteiger partial charge in [0.05, 0.1) is 4.47 Å². The van der Waals surface area contributed by atoms with E-state index in [1.54, 1.807) is 6.20 Å². The third-order valence-corrected chi connectivity index (χ3v) is 3.37. The minimum Gasteiger partial charge on any atom is -0.243 e. The standard InChI is InChI=1S/C9H11BrClN/c1-3-6(2)7-4-5-12-9(11)8(7)10/h4-6H,3H2,1-2H3. The molecule has 1 heterocycles. The van der Waals surface area contributed by atoms with E-state index >= 15 is 0 Å². The van der Waals surface area contributed by atoms with Gasteiger partial charge in [0.2, 0.25) is 0 Å². The van der Waals surface area contributed by atoms with E-state index in [1.165, 1.54) is 5.56 Å². The van der Waals surface area contributed by atoms with Gasteiger partial charge < -0.3 is 0 Å². The van der Waals surface area contributed by atoms with Crippen molar-refractivity contribution in [2.24, 2.45) is 0 Å². The number of nitrogens with zero attached hydrogens (tertiary/aromatic N) is 1. The second-order valence-corrected chi connectivity index (χ2v) is 3.97. The summed E-state index contributed by atoms with van der Waals surface area (Å²) in [7, 11) is 0. The average molecular weight is 249 g/mol. The Hall–Kier alpha value is -0.0800. The maximum Gasteiger partial charge on any atom is 0.143 e. The molecule has 1 atom stereocenters. The highest BCUT2D eigenvalue weighted by molar-refractivity contribution is 9.10. The molecule has 0 aromatic carbocycles. The fraction of sp³-hybridized carbons (Fsp3) is 0.444. The van der Waals surface area contributed by atoms with Gasteiger partial charge in [0, 0.05) is 6.20 Å². The minimum absolute atomic E-state index is 0.528. The van der Waals surface area contributed by atoms with E-state index in [2.05, 4.69) is 34.8 Å². The first-order valence-electron chi connectivity index (χ1n) is 3.96. The van der Waals surface area contributed by atoms with E-state index in [-0.39, 0.29) is 0 Å². The van der Waals surface area contributed by atoms with Crippen LogP contribution in [0.25, 0.3) is 0 Å². The second kappa shape index (κ2) is 4.24. The molecule has 0 aliphatic heterocycles. The zero-order chi connectivity index (χ0) is 9.14. The van der Waals surface area contributed by atoms with Crippen LogP contribution in [-0.2, 0) is 0 Å². The molecular weight excluding hydrogens is 237 g/mol. The van der Waals surface area contributed by atoms with Gasteiger partial charge in [-0.05, 0) is 39.9 Å². The number of rotatable bonds is 2. The Morgan fingerprint density at radius 2 is 2.33 bits per heavy atom. The van der Waals surface area contributed by atoms with E-state index in [9.17, 15) is 0 Å². The minimum atomic E-state index is 0.528. The highest BCUT2D eigenvalue weighted by Crippen LogP contribution is 2.30. The van der Waals surface area contributed by atoms with Gasteiger partial charge in [0.1, 0.15) is 5.15 Å². The van der Waals surface area contributed by atoms with E-state index in [1.807, 2.05) is 6.07 Å². The van der Waals surface area contributed by atoms with Crippen LogP contribution in [0.1, 0.15) is 31.7 Å². The van der Waals surface area contributed by atoms with Gasteiger partial charge in [-0.2, -0.15) is 0 Å². The van der Waals surface area contributed by atoms with Gasteiger partial charge in [-0.1, -0.05) is 25.4 Å². The number of halogens is 2. The maximum absolute atomic E-state index is 5.86. The number of aromatic nitrogens is 1. The summed E-state index contributed by atoms with van der Waals surface area (Å²) in [5, 5.41) is 0.549. The molecule has 0 aliphatic rings. The summed E-state index contributed by atoms with van der Waals surface area (Å²) in [6.07, 6.45) is 2.85. The summed E-state index contributed by atoms with van der Waals surface area (Å²) < 4.78 is 0.931. The van der Waals surface area contributed by atoms with Crippen LogP contribution < -0.4 is 0 Å². The fourth-order valence-electron chi connectivity index (χ4n) is 1.03. The van der Waals surface area contributed by atoms with Crippen molar-refractivity contribution < 1.29 is 0 Å². The lowest BCUT2D eigenvalue weighted by molar-refractivity contribution is 0.728. The molecule has 0 saturated heterocycles. The lowest BCUT2D eigenvalue weighted by Gasteiger charge is -2.10. The van der Waals surface area contributed by atoms with Crippen LogP contribution >= 0.6 is 27.5 Å². The number of hydrogen-bond donors (Lipinski definition) is 0. The lowest BCUT2D eigenvalue weighted by atomic mass is 10.0. The first kappa shape index (κ1) is 10.0. The van der Waals surface area contributed by atoms with Gasteiger partial charge in [0.25, 0.3) is 0 Å². The first-order chi connectivity index (χ1) is 5.66. The van der Waals surface area contributed by atoms with Crippen LogP contribution in [0.2, 0.25) is 5.15 Å². The average Bonchev–Trinajstić information content (AvgIpc) is 2.08. The lowest BCUT2D eigenvalue weighted by Crippen LogP contribution is -1.94. The monoisotopic (exact) mass is 247 g/mol. The predicted molar refractivity (Wildman–Crippen MR) is 55.7 cm³/mol. The van der Waals surface area contributed by atoms with Crippen molar-refractivity contribution in [3.8, 4) is 0 Å². The van der Waals surface area contributed by atoms with Crippen LogP contribution in [-0.4, -0.2) is 4.98 Å². The number of hydrogen-bond acceptors (Lipinski definition) is 1. The van der Waals surface area contributed by atoms with E-state index in [0.29, 0.717) is 11.1 Å². The smallest absolute Gasteiger partial charge is 0.143 e. The summed E-state index contributed by atoms with van der Waals surface area (Å²) >= 11 is 9.28. The Kier molecular flexibility index (Phi) is 3.53. The molecule has 1 unspecified atom stereocenters. The summed E-state index contributed by atoms with van der Waals surface area (Å²) in [5.74, 6) is 0.528. The second-order valence-electron chi connectivity index (χ2n) is 2.81. The van der Waals surface area contributed by atoms with Crippen LogP contribution in [0.5, 0.6) is 0 Å². The molecule has 12 heavy (non-hydrogen) atoms. The Balaban J connectivity index is 3.07. The van der Waals surface area contributed by atoms with Gasteiger partial charge in [-0.15, -0.1) is 0 Å². The molecule has 0 bridgehead atoms. The van der Waals surface area contributed by atoms with E-state index in [4.69, 9.17) is 11.6 Å². The third kappa shape index (κ3) is 1.99. The molecular formula is C9H11BrClN. The van der Waals surface area contributed by atoms with E-state index < -0.39 is 0 Å². The largest absolute Gasteiger partial charge is 0.243 e. The predicted octanol–water partition coefficient (Wildman–Crippen LogP) is 4.01. The Bertz CT molecular complexity index is 275. The molecule has 66 valence electrons. The van der Waals surface area contributed by atoms with Crippen molar-refractivity contribution in [1.82, 2.24) is 4.98 Å². The molecule has 1 aromatic heterocycles. The van der Waals surface area contributed by atoms with Crippen LogP contribution in [0.3, 0.4) is 0 Å². The van der Waals surface area contributed by atoms with Crippen LogP contribution in [0.4, 0.5) is 0 Å². The highest BCUT2D eigenvalue weighted by atomic mass is 79.9. The van der Waals surface area contributed by atoms with Crippen molar-refractivity contribution in [2.45, 2.75) is 26.2 Å². The molecule has 1 nitrogen and oxygen atoms in total. The summed E-state index contributed by atoms with van der Waals surface area (Å²) in [6, 6.07) is 2.00. The first-order valence-corrected chi connectivity index (χ1v) is 5.13. The molecule has 3 heteroatoms. The molecule has 1 aromatic rings. The normalized spacial score (nSPS) is 13.0. The molecule has 0 fully saturated rings. The Morgan fingerprint density at radius 3 is 2.92 bits per heavy atom. The van der Waals surface area contributed by atoms with Crippen molar-refractivity contribution >= 4 is 27.5 Å². The zero-order valence-electron chi connectivity index (χ0n) is 7.14. The quantitative estimate of drug-likeness (QED) is 0.721. The van der Waals surface area contributed by atoms with E-state index in [0.717, 1.165) is 10.9 Å². The molecule has 0 N–H and O–H groups in total. The van der Waals surface area contributed by atoms with Crippen molar-refractivity contribution in [2.75, 3.05) is 0 Å². The molecule has 0 aliphatic carbocycles. The summed E-state index contributed by atoms with van der Waals surface area (Å²) in [5.41, 5.74) is 1.23. The summed E-state index contributed by atoms with van der Waals surface area (Å²) in [4.78, 5) is 3.97. The Morgan fingerprint density at radius 1 is 1.67 bits per heavy atom. The molecule has 0 saturated carbocycles. The highest BCUT2D eigenvalue weighted by Gasteiger charge is 2.09. The SMILES string of the molecule is CCC(C)c1ccnc(Cl)c1Br. The number of pyridine rings is 1. The Labute approximate surface area is 86.3 Å². The zero-order valence-corrected chi connectivity index (χ0v) is 9.48. The molecule has 0 spiro atoms. The van der Waals surface area contributed by atoms with Gasteiger partial charge >= 0.3 is 0 Å². The maximum atomic E-state index is 5.86. The van der Waals surface area contributed by atoms with Crippen LogP contribution in [0, 0.1) is 0 Å². The third-order valence-electron chi connectivity index (χ3n) is 2.02. The molecule has 0 amide bonds. The molecule has 1 rings (SSSR count). The van der Waals surface area contributed by atoms with Crippen molar-refractivity contribution in [1.29, 1.82) is 0 Å². The van der Waals surface area contributed by atoms with Crippen LogP contribution in [0.15, 0.2) is 16.7 Å². The van der Waals surface area contributed by atoms with Gasteiger partial charge in [-0.25, -0.2) is 4.98 Å². The van der Waals surface area contributed by atoms with Crippen molar-refractivity contribution in [3.05, 3.63) is 27.5 Å². The topological polar surface area (TPSA) is 12.9 Å². The summed E-state index contributed by atoms with van der Waals surface area (Å²) in [6.45, 7) is 4.34. The fourth-order valence-corrected chi connectivity index (χ4v) is 1.82. The van der Waals surface area contributed by atoms with Crippen molar-refractivity contribution in [3.63, 3.8) is 0 Å². The van der Waals surface area contributed by atoms with Gasteiger partial charge in [-0.3, -0.25) is 0 Å². The van der Waals surface area contributed by atoms with Gasteiger partial charge in [0.15, 0.2) is 0 Å². The molecule has 0 radical (unpaired) electrons.